The number of rotatable bonds is 5. The van der Waals surface area contributed by atoms with Gasteiger partial charge in [0.25, 0.3) is 0 Å². The number of ether oxygens (including phenoxy) is 2. The first-order valence-electron chi connectivity index (χ1n) is 8.21. The van der Waals surface area contributed by atoms with Crippen molar-refractivity contribution in [1.82, 2.24) is 0 Å². The third kappa shape index (κ3) is 3.35. The van der Waals surface area contributed by atoms with Crippen LogP contribution in [0.4, 0.5) is 8.78 Å². The minimum atomic E-state index is -1.08. The molecule has 1 atom stereocenters. The molecule has 26 heavy (non-hydrogen) atoms. The van der Waals surface area contributed by atoms with Crippen LogP contribution in [0.15, 0.2) is 24.3 Å². The fraction of sp³-hybridized carbons (Fsp3) is 0.316. The molecule has 0 saturated heterocycles. The molecule has 1 unspecified atom stereocenters. The quantitative estimate of drug-likeness (QED) is 0.854. The number of nitrogens with two attached hydrogens (primary N) is 1. The average molecular weight is 363 g/mol. The lowest BCUT2D eigenvalue weighted by Gasteiger charge is -2.24. The molecule has 0 saturated carbocycles. The Balaban J connectivity index is 2.13. The van der Waals surface area contributed by atoms with E-state index in [4.69, 9.17) is 20.3 Å². The van der Waals surface area contributed by atoms with Crippen LogP contribution in [-0.4, -0.2) is 30.8 Å². The third-order valence-electron chi connectivity index (χ3n) is 4.46. The van der Waals surface area contributed by atoms with Crippen LogP contribution in [0.5, 0.6) is 11.5 Å². The van der Waals surface area contributed by atoms with E-state index in [1.54, 1.807) is 12.1 Å². The molecule has 0 aromatic heterocycles. The van der Waals surface area contributed by atoms with Gasteiger partial charge in [-0.1, -0.05) is 12.1 Å². The Hall–Kier alpha value is -2.67. The normalized spacial score (nSPS) is 14.3. The fourth-order valence-electron chi connectivity index (χ4n) is 3.17. The number of carboxylic acid groups (broad SMARTS) is 1. The van der Waals surface area contributed by atoms with Gasteiger partial charge in [0.2, 0.25) is 0 Å². The van der Waals surface area contributed by atoms with Gasteiger partial charge >= 0.3 is 5.97 Å². The highest BCUT2D eigenvalue weighted by Crippen LogP contribution is 2.42. The maximum atomic E-state index is 13.8. The summed E-state index contributed by atoms with van der Waals surface area (Å²) in [5.74, 6) is -2.33. The zero-order valence-corrected chi connectivity index (χ0v) is 14.2. The van der Waals surface area contributed by atoms with Crippen molar-refractivity contribution in [3.63, 3.8) is 0 Å². The van der Waals surface area contributed by atoms with E-state index in [-0.39, 0.29) is 12.2 Å². The zero-order chi connectivity index (χ0) is 18.8. The summed E-state index contributed by atoms with van der Waals surface area (Å²) in [6, 6.07) is 4.50. The lowest BCUT2D eigenvalue weighted by molar-refractivity contribution is -0.138. The van der Waals surface area contributed by atoms with Gasteiger partial charge in [-0.05, 0) is 36.5 Å². The Labute approximate surface area is 149 Å². The second-order valence-electron chi connectivity index (χ2n) is 6.15. The van der Waals surface area contributed by atoms with E-state index in [2.05, 4.69) is 0 Å². The van der Waals surface area contributed by atoms with E-state index in [1.165, 1.54) is 7.11 Å². The van der Waals surface area contributed by atoms with Gasteiger partial charge in [-0.2, -0.15) is 0 Å². The number of hydrogen-bond donors (Lipinski definition) is 2. The molecule has 1 heterocycles. The first kappa shape index (κ1) is 18.1. The lowest BCUT2D eigenvalue weighted by Crippen LogP contribution is -2.32. The van der Waals surface area contributed by atoms with E-state index in [1.807, 2.05) is 0 Å². The number of methoxy groups -OCH3 is 1. The molecule has 1 aliphatic heterocycles. The Kier molecular flexibility index (Phi) is 5.08. The highest BCUT2D eigenvalue weighted by atomic mass is 19.2. The van der Waals surface area contributed by atoms with Crippen molar-refractivity contribution in [3.8, 4) is 22.6 Å². The number of carboxylic acids is 1. The van der Waals surface area contributed by atoms with E-state index in [0.29, 0.717) is 29.9 Å². The van der Waals surface area contributed by atoms with Gasteiger partial charge < -0.3 is 20.3 Å². The predicted octanol–water partition coefficient (Wildman–Crippen LogP) is 2.92. The number of benzene rings is 2. The zero-order valence-electron chi connectivity index (χ0n) is 14.2. The van der Waals surface area contributed by atoms with Crippen LogP contribution in [0.3, 0.4) is 0 Å². The van der Waals surface area contributed by atoms with Crippen LogP contribution < -0.4 is 15.2 Å². The van der Waals surface area contributed by atoms with Gasteiger partial charge in [0.15, 0.2) is 11.6 Å². The van der Waals surface area contributed by atoms with E-state index >= 15 is 0 Å². The van der Waals surface area contributed by atoms with Crippen LogP contribution in [0.25, 0.3) is 11.1 Å². The van der Waals surface area contributed by atoms with Gasteiger partial charge in [0.1, 0.15) is 17.5 Å². The van der Waals surface area contributed by atoms with Crippen molar-refractivity contribution in [2.75, 3.05) is 13.7 Å². The molecular formula is C19H19F2NO4. The topological polar surface area (TPSA) is 81.8 Å². The molecule has 0 aliphatic carbocycles. The Bertz CT molecular complexity index is 854. The first-order valence-corrected chi connectivity index (χ1v) is 8.21. The van der Waals surface area contributed by atoms with Gasteiger partial charge in [0, 0.05) is 17.2 Å². The molecule has 0 radical (unpaired) electrons. The molecule has 5 nitrogen and oxygen atoms in total. The van der Waals surface area contributed by atoms with Gasteiger partial charge in [-0.15, -0.1) is 0 Å². The molecule has 7 heteroatoms. The fourth-order valence-corrected chi connectivity index (χ4v) is 3.17. The summed E-state index contributed by atoms with van der Waals surface area (Å²) in [6.07, 6.45) is 1.63. The van der Waals surface area contributed by atoms with Crippen LogP contribution in [0, 0.1) is 11.6 Å². The van der Waals surface area contributed by atoms with Gasteiger partial charge in [-0.25, -0.2) is 8.78 Å². The van der Waals surface area contributed by atoms with Gasteiger partial charge in [0.05, 0.1) is 13.7 Å². The number of fused-ring (bicyclic) bond motifs is 1. The molecule has 0 spiro atoms. The number of hydrogen-bond acceptors (Lipinski definition) is 4. The standard InChI is InChI=1S/C19H19F2NO4/c1-25-17-9-15(21)14(20)8-13(17)12-5-4-10(7-16(22)19(23)24)11-3-2-6-26-18(11)12/h4-5,8-9,16H,2-3,6-7,22H2,1H3,(H,23,24). The molecular weight excluding hydrogens is 344 g/mol. The monoisotopic (exact) mass is 363 g/mol. The van der Waals surface area contributed by atoms with E-state index in [0.717, 1.165) is 29.7 Å². The maximum Gasteiger partial charge on any atom is 0.320 e. The minimum Gasteiger partial charge on any atom is -0.496 e. The molecule has 3 N–H and O–H groups in total. The van der Waals surface area contributed by atoms with Crippen LogP contribution >= 0.6 is 0 Å². The van der Waals surface area contributed by atoms with Crippen molar-refractivity contribution in [2.24, 2.45) is 5.73 Å². The second-order valence-corrected chi connectivity index (χ2v) is 6.15. The average Bonchev–Trinajstić information content (AvgIpc) is 2.64. The van der Waals surface area contributed by atoms with Crippen molar-refractivity contribution in [1.29, 1.82) is 0 Å². The van der Waals surface area contributed by atoms with Crippen LogP contribution in [-0.2, 0) is 17.6 Å². The summed E-state index contributed by atoms with van der Waals surface area (Å²) in [5.41, 5.74) is 8.23. The van der Waals surface area contributed by atoms with Crippen molar-refractivity contribution >= 4 is 5.97 Å². The summed E-state index contributed by atoms with van der Waals surface area (Å²) >= 11 is 0. The van der Waals surface area contributed by atoms with Crippen molar-refractivity contribution in [3.05, 3.63) is 47.0 Å². The second kappa shape index (κ2) is 7.29. The number of aliphatic carboxylic acids is 1. The molecule has 138 valence electrons. The molecule has 0 fully saturated rings. The summed E-state index contributed by atoms with van der Waals surface area (Å²) < 4.78 is 38.3. The van der Waals surface area contributed by atoms with Gasteiger partial charge in [-0.3, -0.25) is 4.79 Å². The summed E-state index contributed by atoms with van der Waals surface area (Å²) in [7, 11) is 1.38. The molecule has 0 amide bonds. The molecule has 3 rings (SSSR count). The summed E-state index contributed by atoms with van der Waals surface area (Å²) in [5, 5.41) is 9.05. The molecule has 1 aliphatic rings. The highest BCUT2D eigenvalue weighted by molar-refractivity contribution is 5.79. The number of halogens is 2. The minimum absolute atomic E-state index is 0.163. The smallest absolute Gasteiger partial charge is 0.320 e. The summed E-state index contributed by atoms with van der Waals surface area (Å²) in [6.45, 7) is 0.487. The Morgan fingerprint density at radius 3 is 2.73 bits per heavy atom. The highest BCUT2D eigenvalue weighted by Gasteiger charge is 2.24. The number of carbonyl (C=O) groups is 1. The molecule has 2 aromatic rings. The third-order valence-corrected chi connectivity index (χ3v) is 4.46. The van der Waals surface area contributed by atoms with Crippen LogP contribution in [0.2, 0.25) is 0 Å². The van der Waals surface area contributed by atoms with Crippen LogP contribution in [0.1, 0.15) is 17.5 Å². The molecule has 0 bridgehead atoms. The Morgan fingerprint density at radius 1 is 1.31 bits per heavy atom. The van der Waals surface area contributed by atoms with E-state index < -0.39 is 23.6 Å². The van der Waals surface area contributed by atoms with Crippen molar-refractivity contribution < 1.29 is 28.2 Å². The summed E-state index contributed by atoms with van der Waals surface area (Å²) in [4.78, 5) is 11.1. The Morgan fingerprint density at radius 2 is 2.04 bits per heavy atom. The first-order chi connectivity index (χ1) is 12.4. The lowest BCUT2D eigenvalue weighted by atomic mass is 9.90. The van der Waals surface area contributed by atoms with Crippen molar-refractivity contribution in [2.45, 2.75) is 25.3 Å². The molecule has 2 aromatic carbocycles. The van der Waals surface area contributed by atoms with E-state index in [9.17, 15) is 13.6 Å². The largest absolute Gasteiger partial charge is 0.496 e. The SMILES string of the molecule is COc1cc(F)c(F)cc1-c1ccc(CC(N)C(=O)O)c2c1OCCC2. The maximum absolute atomic E-state index is 13.8. The predicted molar refractivity (Wildman–Crippen MR) is 91.5 cm³/mol.